The van der Waals surface area contributed by atoms with Gasteiger partial charge in [0.1, 0.15) is 0 Å². The van der Waals surface area contributed by atoms with Crippen molar-refractivity contribution < 1.29 is 0 Å². The van der Waals surface area contributed by atoms with Gasteiger partial charge in [-0.25, -0.2) is 0 Å². The van der Waals surface area contributed by atoms with E-state index in [4.69, 9.17) is 5.73 Å². The van der Waals surface area contributed by atoms with E-state index >= 15 is 0 Å². The van der Waals surface area contributed by atoms with Crippen LogP contribution >= 0.6 is 12.4 Å². The first-order chi connectivity index (χ1) is 6.37. The Labute approximate surface area is 99.5 Å². The average Bonchev–Trinajstić information content (AvgIpc) is 2.11. The number of nitrogens with two attached hydrogens (primary N) is 1. The largest absolute Gasteiger partial charge is 0.324 e. The van der Waals surface area contributed by atoms with Crippen LogP contribution in [0.4, 0.5) is 0 Å². The molecular formula is C13H22ClN. The molecule has 0 unspecified atom stereocenters. The van der Waals surface area contributed by atoms with Crippen LogP contribution in [0, 0.1) is 34.6 Å². The minimum absolute atomic E-state index is 0. The summed E-state index contributed by atoms with van der Waals surface area (Å²) in [5.41, 5.74) is 14.2. The lowest BCUT2D eigenvalue weighted by Crippen LogP contribution is -2.12. The highest BCUT2D eigenvalue weighted by atomic mass is 35.5. The van der Waals surface area contributed by atoms with Crippen molar-refractivity contribution in [3.8, 4) is 0 Å². The summed E-state index contributed by atoms with van der Waals surface area (Å²) in [7, 11) is 0. The zero-order valence-electron chi connectivity index (χ0n) is 10.6. The highest BCUT2D eigenvalue weighted by molar-refractivity contribution is 5.85. The van der Waals surface area contributed by atoms with Crippen LogP contribution in [0.5, 0.6) is 0 Å². The smallest absolute Gasteiger partial charge is 0.0271 e. The van der Waals surface area contributed by atoms with Gasteiger partial charge in [-0.15, -0.1) is 12.4 Å². The van der Waals surface area contributed by atoms with Gasteiger partial charge in [0.05, 0.1) is 0 Å². The molecule has 1 aromatic carbocycles. The van der Waals surface area contributed by atoms with Gasteiger partial charge in [-0.3, -0.25) is 0 Å². The van der Waals surface area contributed by atoms with Gasteiger partial charge in [0.15, 0.2) is 0 Å². The lowest BCUT2D eigenvalue weighted by Gasteiger charge is -2.20. The molecule has 0 fully saturated rings. The standard InChI is InChI=1S/C13H21N.ClH/c1-7-8(2)10(4)13(12(6)14)11(5)9(7)3;/h12H,14H2,1-6H3;1H/t12-;/m1./s1. The molecule has 0 aliphatic carbocycles. The lowest BCUT2D eigenvalue weighted by atomic mass is 9.87. The average molecular weight is 228 g/mol. The van der Waals surface area contributed by atoms with Crippen molar-refractivity contribution in [3.63, 3.8) is 0 Å². The fourth-order valence-electron chi connectivity index (χ4n) is 2.21. The van der Waals surface area contributed by atoms with Crippen LogP contribution in [0.2, 0.25) is 0 Å². The SMILES string of the molecule is Cc1c(C)c(C)c([C@@H](C)N)c(C)c1C.Cl. The van der Waals surface area contributed by atoms with E-state index in [1.807, 2.05) is 0 Å². The molecule has 0 aliphatic rings. The van der Waals surface area contributed by atoms with Gasteiger partial charge in [-0.2, -0.15) is 0 Å². The molecule has 2 N–H and O–H groups in total. The summed E-state index contributed by atoms with van der Waals surface area (Å²) in [6.45, 7) is 13.0. The van der Waals surface area contributed by atoms with Crippen LogP contribution in [-0.4, -0.2) is 0 Å². The van der Waals surface area contributed by atoms with E-state index in [0.29, 0.717) is 0 Å². The van der Waals surface area contributed by atoms with Crippen LogP contribution in [0.15, 0.2) is 0 Å². The molecule has 1 rings (SSSR count). The molecule has 0 heterocycles. The zero-order chi connectivity index (χ0) is 11.0. The molecule has 0 spiro atoms. The molecule has 1 atom stereocenters. The molecule has 0 bridgehead atoms. The summed E-state index contributed by atoms with van der Waals surface area (Å²) in [4.78, 5) is 0. The van der Waals surface area contributed by atoms with Crippen molar-refractivity contribution in [2.45, 2.75) is 47.6 Å². The van der Waals surface area contributed by atoms with Crippen molar-refractivity contribution in [2.24, 2.45) is 5.73 Å². The van der Waals surface area contributed by atoms with Crippen molar-refractivity contribution in [2.75, 3.05) is 0 Å². The summed E-state index contributed by atoms with van der Waals surface area (Å²) in [6, 6.07) is 0.132. The number of rotatable bonds is 1. The second kappa shape index (κ2) is 5.00. The Morgan fingerprint density at radius 2 is 1.00 bits per heavy atom. The van der Waals surface area contributed by atoms with Gasteiger partial charge in [0.2, 0.25) is 0 Å². The van der Waals surface area contributed by atoms with E-state index in [9.17, 15) is 0 Å². The molecule has 0 saturated heterocycles. The Kier molecular flexibility index (Phi) is 4.82. The highest BCUT2D eigenvalue weighted by Gasteiger charge is 2.14. The Hall–Kier alpha value is -0.530. The van der Waals surface area contributed by atoms with Crippen LogP contribution in [0.1, 0.15) is 46.3 Å². The third kappa shape index (κ3) is 2.35. The van der Waals surface area contributed by atoms with Gasteiger partial charge < -0.3 is 5.73 Å². The molecule has 0 radical (unpaired) electrons. The summed E-state index contributed by atoms with van der Waals surface area (Å²) in [5.74, 6) is 0. The van der Waals surface area contributed by atoms with Crippen molar-refractivity contribution in [3.05, 3.63) is 33.4 Å². The molecular weight excluding hydrogens is 206 g/mol. The number of hydrogen-bond acceptors (Lipinski definition) is 1. The summed E-state index contributed by atoms with van der Waals surface area (Å²) in [5, 5.41) is 0. The molecule has 0 saturated carbocycles. The minimum atomic E-state index is 0. The Balaban J connectivity index is 0.00000196. The molecule has 0 amide bonds. The van der Waals surface area contributed by atoms with Crippen LogP contribution in [0.25, 0.3) is 0 Å². The quantitative estimate of drug-likeness (QED) is 0.779. The minimum Gasteiger partial charge on any atom is -0.324 e. The maximum absolute atomic E-state index is 6.00. The molecule has 0 aliphatic heterocycles. The molecule has 2 heteroatoms. The fraction of sp³-hybridized carbons (Fsp3) is 0.538. The Bertz CT molecular complexity index is 338. The zero-order valence-corrected chi connectivity index (χ0v) is 11.4. The van der Waals surface area contributed by atoms with Crippen molar-refractivity contribution in [1.29, 1.82) is 0 Å². The number of halogens is 1. The van der Waals surface area contributed by atoms with Crippen molar-refractivity contribution in [1.82, 2.24) is 0 Å². The van der Waals surface area contributed by atoms with Gasteiger partial charge in [-0.1, -0.05) is 0 Å². The second-order valence-electron chi connectivity index (χ2n) is 4.33. The first-order valence-electron chi connectivity index (χ1n) is 5.20. The topological polar surface area (TPSA) is 26.0 Å². The monoisotopic (exact) mass is 227 g/mol. The predicted molar refractivity (Wildman–Crippen MR) is 70.0 cm³/mol. The predicted octanol–water partition coefficient (Wildman–Crippen LogP) is 3.67. The molecule has 86 valence electrons. The molecule has 0 aromatic heterocycles. The molecule has 1 aromatic rings. The number of benzene rings is 1. The van der Waals surface area contributed by atoms with Crippen LogP contribution in [-0.2, 0) is 0 Å². The first kappa shape index (κ1) is 14.5. The summed E-state index contributed by atoms with van der Waals surface area (Å²) >= 11 is 0. The van der Waals surface area contributed by atoms with Gasteiger partial charge in [0.25, 0.3) is 0 Å². The third-order valence-electron chi connectivity index (χ3n) is 3.51. The molecule has 15 heavy (non-hydrogen) atoms. The van der Waals surface area contributed by atoms with E-state index in [2.05, 4.69) is 41.5 Å². The first-order valence-corrected chi connectivity index (χ1v) is 5.20. The van der Waals surface area contributed by atoms with Gasteiger partial charge in [-0.05, 0) is 74.9 Å². The maximum Gasteiger partial charge on any atom is 0.0271 e. The Morgan fingerprint density at radius 1 is 0.733 bits per heavy atom. The second-order valence-corrected chi connectivity index (χ2v) is 4.33. The highest BCUT2D eigenvalue weighted by Crippen LogP contribution is 2.29. The van der Waals surface area contributed by atoms with E-state index in [-0.39, 0.29) is 18.4 Å². The van der Waals surface area contributed by atoms with Crippen LogP contribution in [0.3, 0.4) is 0 Å². The fourth-order valence-corrected chi connectivity index (χ4v) is 2.21. The van der Waals surface area contributed by atoms with E-state index in [0.717, 1.165) is 0 Å². The normalized spacial score (nSPS) is 12.2. The maximum atomic E-state index is 6.00. The van der Waals surface area contributed by atoms with Gasteiger partial charge >= 0.3 is 0 Å². The van der Waals surface area contributed by atoms with E-state index in [1.165, 1.54) is 33.4 Å². The van der Waals surface area contributed by atoms with E-state index < -0.39 is 0 Å². The third-order valence-corrected chi connectivity index (χ3v) is 3.51. The summed E-state index contributed by atoms with van der Waals surface area (Å²) in [6.07, 6.45) is 0. The van der Waals surface area contributed by atoms with E-state index in [1.54, 1.807) is 0 Å². The van der Waals surface area contributed by atoms with Gasteiger partial charge in [0, 0.05) is 6.04 Å². The Morgan fingerprint density at radius 3 is 1.27 bits per heavy atom. The number of hydrogen-bond donors (Lipinski definition) is 1. The molecule has 1 nitrogen and oxygen atoms in total. The lowest BCUT2D eigenvalue weighted by molar-refractivity contribution is 0.795. The summed E-state index contributed by atoms with van der Waals surface area (Å²) < 4.78 is 0. The van der Waals surface area contributed by atoms with Crippen LogP contribution < -0.4 is 5.73 Å². The van der Waals surface area contributed by atoms with Crippen molar-refractivity contribution >= 4 is 12.4 Å².